The van der Waals surface area contributed by atoms with Crippen molar-refractivity contribution in [3.63, 3.8) is 0 Å². The average molecular weight is 401 g/mol. The van der Waals surface area contributed by atoms with Crippen LogP contribution in [0.4, 0.5) is 10.8 Å². The lowest BCUT2D eigenvalue weighted by Crippen LogP contribution is -2.21. The molecule has 0 saturated carbocycles. The van der Waals surface area contributed by atoms with Crippen molar-refractivity contribution in [2.45, 2.75) is 6.42 Å². The SMILES string of the molecule is O=C(COC(=O)CCOc1ccccc1)Nc1nc2ccc([N+](=O)[O-])cc2s1. The molecule has 1 aromatic heterocycles. The number of ether oxygens (including phenoxy) is 2. The molecule has 1 heterocycles. The van der Waals surface area contributed by atoms with Crippen LogP contribution in [0.5, 0.6) is 5.75 Å². The quantitative estimate of drug-likeness (QED) is 0.350. The predicted octanol–water partition coefficient (Wildman–Crippen LogP) is 3.16. The number of esters is 1. The average Bonchev–Trinajstić information content (AvgIpc) is 3.08. The van der Waals surface area contributed by atoms with Crippen molar-refractivity contribution in [1.29, 1.82) is 0 Å². The maximum atomic E-state index is 11.9. The topological polar surface area (TPSA) is 121 Å². The Bertz CT molecular complexity index is 1000. The Kier molecular flexibility index (Phi) is 6.12. The number of para-hydroxylation sites is 1. The first-order valence-electron chi connectivity index (χ1n) is 8.19. The number of rotatable bonds is 8. The predicted molar refractivity (Wildman–Crippen MR) is 102 cm³/mol. The summed E-state index contributed by atoms with van der Waals surface area (Å²) in [6.07, 6.45) is 0.00692. The first-order valence-corrected chi connectivity index (χ1v) is 9.01. The van der Waals surface area contributed by atoms with Gasteiger partial charge in [-0.05, 0) is 18.2 Å². The van der Waals surface area contributed by atoms with Crippen LogP contribution in [0.2, 0.25) is 0 Å². The molecule has 28 heavy (non-hydrogen) atoms. The third kappa shape index (κ3) is 5.24. The fourth-order valence-electron chi connectivity index (χ4n) is 2.22. The number of benzene rings is 2. The highest BCUT2D eigenvalue weighted by molar-refractivity contribution is 7.22. The third-order valence-corrected chi connectivity index (χ3v) is 4.45. The molecule has 0 aliphatic heterocycles. The molecule has 10 heteroatoms. The van der Waals surface area contributed by atoms with Crippen molar-refractivity contribution in [1.82, 2.24) is 4.98 Å². The summed E-state index contributed by atoms with van der Waals surface area (Å²) in [4.78, 5) is 38.0. The molecular formula is C18H15N3O6S. The van der Waals surface area contributed by atoms with Crippen molar-refractivity contribution in [3.05, 3.63) is 58.6 Å². The van der Waals surface area contributed by atoms with Gasteiger partial charge < -0.3 is 9.47 Å². The number of fused-ring (bicyclic) bond motifs is 1. The number of nitrogens with one attached hydrogen (secondary N) is 1. The lowest BCUT2D eigenvalue weighted by atomic mass is 10.3. The summed E-state index contributed by atoms with van der Waals surface area (Å²) in [6.45, 7) is -0.318. The molecule has 0 aliphatic rings. The van der Waals surface area contributed by atoms with Crippen LogP contribution in [-0.4, -0.2) is 35.0 Å². The van der Waals surface area contributed by atoms with E-state index in [0.717, 1.165) is 11.3 Å². The first kappa shape index (κ1) is 19.2. The Morgan fingerprint density at radius 1 is 1.18 bits per heavy atom. The second kappa shape index (κ2) is 8.91. The van der Waals surface area contributed by atoms with Gasteiger partial charge in [0.25, 0.3) is 11.6 Å². The number of nitro benzene ring substituents is 1. The summed E-state index contributed by atoms with van der Waals surface area (Å²) in [5.41, 5.74) is 0.474. The van der Waals surface area contributed by atoms with E-state index >= 15 is 0 Å². The van der Waals surface area contributed by atoms with Crippen molar-refractivity contribution in [2.24, 2.45) is 0 Å². The largest absolute Gasteiger partial charge is 0.493 e. The van der Waals surface area contributed by atoms with Gasteiger partial charge in [-0.1, -0.05) is 29.5 Å². The zero-order chi connectivity index (χ0) is 19.9. The van der Waals surface area contributed by atoms with Crippen molar-refractivity contribution < 1.29 is 24.0 Å². The lowest BCUT2D eigenvalue weighted by molar-refractivity contribution is -0.384. The smallest absolute Gasteiger partial charge is 0.309 e. The summed E-state index contributed by atoms with van der Waals surface area (Å²) >= 11 is 1.09. The Morgan fingerprint density at radius 3 is 2.71 bits per heavy atom. The number of hydrogen-bond donors (Lipinski definition) is 1. The molecule has 3 aromatic rings. The van der Waals surface area contributed by atoms with Crippen LogP contribution in [0.3, 0.4) is 0 Å². The highest BCUT2D eigenvalue weighted by Crippen LogP contribution is 2.29. The van der Waals surface area contributed by atoms with Crippen molar-refractivity contribution >= 4 is 44.2 Å². The minimum absolute atomic E-state index is 0.00692. The zero-order valence-electron chi connectivity index (χ0n) is 14.5. The normalized spacial score (nSPS) is 10.4. The van der Waals surface area contributed by atoms with Crippen LogP contribution in [0.15, 0.2) is 48.5 Å². The van der Waals surface area contributed by atoms with Gasteiger partial charge in [-0.2, -0.15) is 0 Å². The fraction of sp³-hybridized carbons (Fsp3) is 0.167. The van der Waals surface area contributed by atoms with Crippen molar-refractivity contribution in [2.75, 3.05) is 18.5 Å². The second-order valence-electron chi connectivity index (χ2n) is 5.55. The van der Waals surface area contributed by atoms with Crippen LogP contribution in [-0.2, 0) is 14.3 Å². The van der Waals surface area contributed by atoms with E-state index < -0.39 is 23.4 Å². The van der Waals surface area contributed by atoms with E-state index in [9.17, 15) is 19.7 Å². The van der Waals surface area contributed by atoms with Gasteiger partial charge in [-0.3, -0.25) is 25.0 Å². The van der Waals surface area contributed by atoms with E-state index in [1.807, 2.05) is 18.2 Å². The van der Waals surface area contributed by atoms with Gasteiger partial charge in [0.1, 0.15) is 5.75 Å². The Hall–Kier alpha value is -3.53. The number of nitrogens with zero attached hydrogens (tertiary/aromatic N) is 2. The summed E-state index contributed by atoms with van der Waals surface area (Å²) in [5, 5.41) is 13.6. The molecule has 9 nitrogen and oxygen atoms in total. The molecule has 0 fully saturated rings. The van der Waals surface area contributed by atoms with Gasteiger partial charge >= 0.3 is 5.97 Å². The number of hydrogen-bond acceptors (Lipinski definition) is 8. The number of thiazole rings is 1. The maximum Gasteiger partial charge on any atom is 0.309 e. The molecule has 0 saturated heterocycles. The minimum atomic E-state index is -0.564. The number of carbonyl (C=O) groups excluding carboxylic acids is 2. The molecule has 0 atom stereocenters. The standard InChI is InChI=1S/C18H15N3O6S/c22-16(11-27-17(23)8-9-26-13-4-2-1-3-5-13)20-18-19-14-7-6-12(21(24)25)10-15(14)28-18/h1-7,10H,8-9,11H2,(H,19,20,22). The molecule has 2 aromatic carbocycles. The summed E-state index contributed by atoms with van der Waals surface area (Å²) < 4.78 is 10.8. The minimum Gasteiger partial charge on any atom is -0.493 e. The maximum absolute atomic E-state index is 11.9. The van der Waals surface area contributed by atoms with E-state index in [4.69, 9.17) is 9.47 Å². The monoisotopic (exact) mass is 401 g/mol. The van der Waals surface area contributed by atoms with Gasteiger partial charge in [0.05, 0.1) is 28.2 Å². The Balaban J connectivity index is 1.44. The molecule has 0 spiro atoms. The number of aromatic nitrogens is 1. The molecule has 0 bridgehead atoms. The molecule has 1 N–H and O–H groups in total. The van der Waals surface area contributed by atoms with Gasteiger partial charge in [-0.25, -0.2) is 4.98 Å². The number of nitro groups is 1. The number of anilines is 1. The van der Waals surface area contributed by atoms with Crippen LogP contribution in [0.25, 0.3) is 10.2 Å². The van der Waals surface area contributed by atoms with E-state index in [-0.39, 0.29) is 23.8 Å². The lowest BCUT2D eigenvalue weighted by Gasteiger charge is -2.06. The summed E-state index contributed by atoms with van der Waals surface area (Å²) in [7, 11) is 0. The van der Waals surface area contributed by atoms with E-state index in [1.165, 1.54) is 18.2 Å². The van der Waals surface area contributed by atoms with Crippen molar-refractivity contribution in [3.8, 4) is 5.75 Å². The number of amides is 1. The Morgan fingerprint density at radius 2 is 1.96 bits per heavy atom. The second-order valence-corrected chi connectivity index (χ2v) is 6.58. The van der Waals surface area contributed by atoms with Gasteiger partial charge in [0.15, 0.2) is 11.7 Å². The molecule has 0 aliphatic carbocycles. The number of carbonyl (C=O) groups is 2. The third-order valence-electron chi connectivity index (χ3n) is 3.51. The van der Waals surface area contributed by atoms with Gasteiger partial charge in [0.2, 0.25) is 0 Å². The zero-order valence-corrected chi connectivity index (χ0v) is 15.3. The summed E-state index contributed by atoms with van der Waals surface area (Å²) in [5.74, 6) is -0.471. The molecule has 0 radical (unpaired) electrons. The van der Waals surface area contributed by atoms with E-state index in [1.54, 1.807) is 12.1 Å². The van der Waals surface area contributed by atoms with Gasteiger partial charge in [-0.15, -0.1) is 0 Å². The summed E-state index contributed by atoms with van der Waals surface area (Å²) in [6, 6.07) is 13.3. The highest BCUT2D eigenvalue weighted by Gasteiger charge is 2.13. The molecule has 0 unspecified atom stereocenters. The molecule has 144 valence electrons. The van der Waals surface area contributed by atoms with Crippen LogP contribution >= 0.6 is 11.3 Å². The Labute approximate surface area is 163 Å². The van der Waals surface area contributed by atoms with E-state index in [2.05, 4.69) is 10.3 Å². The van der Waals surface area contributed by atoms with Crippen LogP contribution < -0.4 is 10.1 Å². The first-order chi connectivity index (χ1) is 13.5. The number of non-ortho nitro benzene ring substituents is 1. The van der Waals surface area contributed by atoms with Crippen LogP contribution in [0.1, 0.15) is 6.42 Å². The van der Waals surface area contributed by atoms with E-state index in [0.29, 0.717) is 16.0 Å². The molecular weight excluding hydrogens is 386 g/mol. The van der Waals surface area contributed by atoms with Gasteiger partial charge in [0, 0.05) is 12.1 Å². The molecule has 3 rings (SSSR count). The highest BCUT2D eigenvalue weighted by atomic mass is 32.1. The molecule has 1 amide bonds. The van der Waals surface area contributed by atoms with Crippen LogP contribution in [0, 0.1) is 10.1 Å². The fourth-order valence-corrected chi connectivity index (χ4v) is 3.14.